The van der Waals surface area contributed by atoms with E-state index in [1.165, 1.54) is 22.3 Å². The van der Waals surface area contributed by atoms with Crippen LogP contribution < -0.4 is 5.49 Å². The minimum Gasteiger partial charge on any atom is -0.455 e. The molecule has 5 nitrogen and oxygen atoms in total. The first kappa shape index (κ1) is 26.6. The van der Waals surface area contributed by atoms with Crippen LogP contribution in [0.25, 0.3) is 55.3 Å². The lowest BCUT2D eigenvalue weighted by molar-refractivity contribution is 0.660. The van der Waals surface area contributed by atoms with Crippen LogP contribution in [0.3, 0.4) is 0 Å². The third-order valence-corrected chi connectivity index (χ3v) is 9.02. The number of furan rings is 1. The van der Waals surface area contributed by atoms with Crippen LogP contribution in [-0.2, 0) is 5.41 Å². The smallest absolute Gasteiger partial charge is 0.154 e. The molecule has 0 saturated heterocycles. The zero-order valence-electron chi connectivity index (χ0n) is 24.8. The highest BCUT2D eigenvalue weighted by Crippen LogP contribution is 2.50. The monoisotopic (exact) mass is 580 g/mol. The van der Waals surface area contributed by atoms with Gasteiger partial charge in [0.1, 0.15) is 16.7 Å². The number of benzene rings is 5. The number of nitrogens with zero attached hydrogens (tertiary/aromatic N) is 2. The molecule has 2 aromatic heterocycles. The van der Waals surface area contributed by atoms with Crippen LogP contribution in [0.5, 0.6) is 0 Å². The van der Waals surface area contributed by atoms with Crippen molar-refractivity contribution in [3.63, 3.8) is 0 Å². The molecule has 214 valence electrons. The molecule has 8 rings (SSSR count). The molecule has 0 saturated carbocycles. The molecule has 0 amide bonds. The van der Waals surface area contributed by atoms with Crippen molar-refractivity contribution in [3.8, 4) is 39.4 Å². The van der Waals surface area contributed by atoms with E-state index < -0.39 is 0 Å². The average molecular weight is 581 g/mol. The Morgan fingerprint density at radius 2 is 1.51 bits per heavy atom. The standard InChI is InChI=1S/C40H28N4O/c1-40(2)34-19-24(22-41)11-15-30(34)31-16-12-26(21-35(31)40)29-9-6-10-32-33-20-27(13-17-36(33)45-38(29)32)39(42)44-37-18-14-28(23-43-37)25-7-4-3-5-8-25/h3-21,23H,1-2H3,(H2,42,43,44). The lowest BCUT2D eigenvalue weighted by Crippen LogP contribution is -2.15. The predicted octanol–water partition coefficient (Wildman–Crippen LogP) is 9.35. The summed E-state index contributed by atoms with van der Waals surface area (Å²) in [4.78, 5) is 7.77. The summed E-state index contributed by atoms with van der Waals surface area (Å²) < 4.78 is 6.47. The molecule has 0 atom stereocenters. The average Bonchev–Trinajstić information content (AvgIpc) is 3.56. The molecule has 2 N–H and O–H groups in total. The molecule has 0 spiro atoms. The van der Waals surface area contributed by atoms with Gasteiger partial charge in [-0.1, -0.05) is 80.6 Å². The summed E-state index contributed by atoms with van der Waals surface area (Å²) in [7, 11) is 0. The van der Waals surface area contributed by atoms with Crippen molar-refractivity contribution in [1.82, 2.24) is 4.98 Å². The maximum absolute atomic E-state index is 9.49. The van der Waals surface area contributed by atoms with Gasteiger partial charge in [0.25, 0.3) is 0 Å². The third-order valence-electron chi connectivity index (χ3n) is 9.02. The van der Waals surface area contributed by atoms with Crippen molar-refractivity contribution < 1.29 is 4.42 Å². The second kappa shape index (κ2) is 10.0. The number of nitriles is 1. The molecule has 0 radical (unpaired) electrons. The maximum atomic E-state index is 9.49. The summed E-state index contributed by atoms with van der Waals surface area (Å²) in [6, 6.07) is 41.0. The third kappa shape index (κ3) is 4.30. The molecular weight excluding hydrogens is 552 g/mol. The number of aromatic nitrogens is 1. The van der Waals surface area contributed by atoms with Crippen molar-refractivity contribution in [1.29, 1.82) is 10.7 Å². The molecule has 0 fully saturated rings. The number of aromatic amines is 1. The lowest BCUT2D eigenvalue weighted by atomic mass is 9.81. The van der Waals surface area contributed by atoms with E-state index in [2.05, 4.69) is 84.5 Å². The molecule has 45 heavy (non-hydrogen) atoms. The van der Waals surface area contributed by atoms with E-state index in [0.717, 1.165) is 44.2 Å². The number of nitrogens with one attached hydrogen (secondary N) is 2. The SMILES string of the molecule is CC1(C)c2cc(C#N)ccc2-c2ccc(-c3cccc4c3oc3ccc(C(=N)N=c5ccc(-c6ccccc6)c[nH]5)cc34)cc21. The van der Waals surface area contributed by atoms with Gasteiger partial charge >= 0.3 is 0 Å². The number of hydrogen-bond donors (Lipinski definition) is 2. The fraction of sp³-hybridized carbons (Fsp3) is 0.0750. The summed E-state index contributed by atoms with van der Waals surface area (Å²) in [6.07, 6.45) is 1.91. The van der Waals surface area contributed by atoms with E-state index in [-0.39, 0.29) is 11.3 Å². The van der Waals surface area contributed by atoms with Gasteiger partial charge in [-0.05, 0) is 87.5 Å². The van der Waals surface area contributed by atoms with Crippen molar-refractivity contribution in [2.24, 2.45) is 4.99 Å². The summed E-state index contributed by atoms with van der Waals surface area (Å²) in [6.45, 7) is 4.45. The fourth-order valence-corrected chi connectivity index (χ4v) is 6.63. The summed E-state index contributed by atoms with van der Waals surface area (Å²) in [5, 5.41) is 20.2. The summed E-state index contributed by atoms with van der Waals surface area (Å²) >= 11 is 0. The van der Waals surface area contributed by atoms with E-state index in [1.807, 2.05) is 66.9 Å². The summed E-state index contributed by atoms with van der Waals surface area (Å²) in [5.41, 5.74) is 12.5. The van der Waals surface area contributed by atoms with Crippen LogP contribution in [0.4, 0.5) is 0 Å². The first-order valence-corrected chi connectivity index (χ1v) is 14.9. The van der Waals surface area contributed by atoms with Crippen LogP contribution in [-0.4, -0.2) is 10.8 Å². The van der Waals surface area contributed by atoms with Crippen molar-refractivity contribution in [2.45, 2.75) is 19.3 Å². The predicted molar refractivity (Wildman–Crippen MR) is 180 cm³/mol. The highest BCUT2D eigenvalue weighted by atomic mass is 16.3. The molecule has 0 aliphatic heterocycles. The molecule has 1 aliphatic carbocycles. The van der Waals surface area contributed by atoms with Gasteiger partial charge in [0.15, 0.2) is 5.84 Å². The number of H-pyrrole nitrogens is 1. The Kier molecular flexibility index (Phi) is 5.94. The van der Waals surface area contributed by atoms with E-state index in [0.29, 0.717) is 16.6 Å². The van der Waals surface area contributed by atoms with Gasteiger partial charge in [-0.2, -0.15) is 5.26 Å². The zero-order chi connectivity index (χ0) is 30.7. The molecule has 5 aromatic carbocycles. The van der Waals surface area contributed by atoms with E-state index in [1.54, 1.807) is 0 Å². The lowest BCUT2D eigenvalue weighted by Gasteiger charge is -2.22. The molecule has 5 heteroatoms. The zero-order valence-corrected chi connectivity index (χ0v) is 24.8. The van der Waals surface area contributed by atoms with Gasteiger partial charge in [0, 0.05) is 33.5 Å². The van der Waals surface area contributed by atoms with Crippen LogP contribution >= 0.6 is 0 Å². The van der Waals surface area contributed by atoms with Crippen LogP contribution in [0.2, 0.25) is 0 Å². The van der Waals surface area contributed by atoms with E-state index in [9.17, 15) is 5.26 Å². The Hall–Kier alpha value is -5.99. The Labute approximate surface area is 260 Å². The van der Waals surface area contributed by atoms with Crippen LogP contribution in [0.1, 0.15) is 36.1 Å². The highest BCUT2D eigenvalue weighted by molar-refractivity contribution is 6.12. The molecule has 1 aliphatic rings. The van der Waals surface area contributed by atoms with Gasteiger partial charge < -0.3 is 9.40 Å². The number of fused-ring (bicyclic) bond motifs is 6. The molecule has 0 unspecified atom stereocenters. The van der Waals surface area contributed by atoms with Gasteiger partial charge in [0.05, 0.1) is 11.6 Å². The fourth-order valence-electron chi connectivity index (χ4n) is 6.63. The molecule has 7 aromatic rings. The van der Waals surface area contributed by atoms with Gasteiger partial charge in [-0.3, -0.25) is 5.41 Å². The second-order valence-electron chi connectivity index (χ2n) is 12.0. The largest absolute Gasteiger partial charge is 0.455 e. The Bertz CT molecular complexity index is 2420. The topological polar surface area (TPSA) is 88.9 Å². The first-order chi connectivity index (χ1) is 21.9. The van der Waals surface area contributed by atoms with Gasteiger partial charge in [0.2, 0.25) is 0 Å². The van der Waals surface area contributed by atoms with Gasteiger partial charge in [-0.15, -0.1) is 0 Å². The van der Waals surface area contributed by atoms with Crippen LogP contribution in [0, 0.1) is 16.7 Å². The summed E-state index contributed by atoms with van der Waals surface area (Å²) in [5.74, 6) is 0.172. The Morgan fingerprint density at radius 1 is 0.733 bits per heavy atom. The maximum Gasteiger partial charge on any atom is 0.154 e. The van der Waals surface area contributed by atoms with E-state index >= 15 is 0 Å². The number of amidine groups is 1. The van der Waals surface area contributed by atoms with Crippen molar-refractivity contribution in [3.05, 3.63) is 149 Å². The number of para-hydroxylation sites is 1. The Morgan fingerprint density at radius 3 is 2.29 bits per heavy atom. The molecule has 0 bridgehead atoms. The molecular formula is C40H28N4O. The van der Waals surface area contributed by atoms with Gasteiger partial charge in [-0.25, -0.2) is 4.99 Å². The minimum absolute atomic E-state index is 0.172. The normalized spacial score (nSPS) is 13.5. The van der Waals surface area contributed by atoms with Crippen LogP contribution in [0.15, 0.2) is 131 Å². The quantitative estimate of drug-likeness (QED) is 0.161. The van der Waals surface area contributed by atoms with Crippen molar-refractivity contribution in [2.75, 3.05) is 0 Å². The second-order valence-corrected chi connectivity index (χ2v) is 12.0. The number of rotatable bonds is 3. The minimum atomic E-state index is -0.229. The highest BCUT2D eigenvalue weighted by Gasteiger charge is 2.36. The number of pyridine rings is 1. The first-order valence-electron chi connectivity index (χ1n) is 14.9. The van der Waals surface area contributed by atoms with E-state index in [4.69, 9.17) is 9.83 Å². The Balaban J connectivity index is 1.16. The van der Waals surface area contributed by atoms with Crippen molar-refractivity contribution >= 4 is 27.8 Å². The number of hydrogen-bond acceptors (Lipinski definition) is 3. The molecule has 2 heterocycles.